The van der Waals surface area contributed by atoms with E-state index in [1.165, 1.54) is 0 Å². The molecule has 0 fully saturated rings. The fourth-order valence-corrected chi connectivity index (χ4v) is 6.61. The first-order valence-electron chi connectivity index (χ1n) is 11.8. The molecule has 0 aliphatic rings. The summed E-state index contributed by atoms with van der Waals surface area (Å²) in [5.74, 6) is 1.55. The molecule has 0 aliphatic carbocycles. The summed E-state index contributed by atoms with van der Waals surface area (Å²) in [5, 5.41) is 0. The largest absolute Gasteiger partial charge is 0.490 e. The molecule has 0 aliphatic heterocycles. The summed E-state index contributed by atoms with van der Waals surface area (Å²) in [6.07, 6.45) is 0.746. The summed E-state index contributed by atoms with van der Waals surface area (Å²) in [4.78, 5) is 0.179. The van der Waals surface area contributed by atoms with Crippen molar-refractivity contribution in [1.82, 2.24) is 0 Å². The van der Waals surface area contributed by atoms with Gasteiger partial charge in [-0.2, -0.15) is 0 Å². The standard InChI is InChI=1S/C27H34Br6O4/c1-26(2,3)36-14-18(28)12-34-24-20(30)8-16(9-21(24)31)7-17-10-22(32)25(23(33)11-17)35-13-19(29)15-37-27(4,5)6/h8-11,18-19H,7,12-15H2,1-6H3. The summed E-state index contributed by atoms with van der Waals surface area (Å²) in [7, 11) is 0. The summed E-state index contributed by atoms with van der Waals surface area (Å²) in [6, 6.07) is 8.36. The minimum Gasteiger partial charge on any atom is -0.490 e. The van der Waals surface area contributed by atoms with E-state index in [4.69, 9.17) is 18.9 Å². The first-order chi connectivity index (χ1) is 17.0. The van der Waals surface area contributed by atoms with Crippen LogP contribution in [0.5, 0.6) is 11.5 Å². The molecule has 0 bridgehead atoms. The highest BCUT2D eigenvalue weighted by atomic mass is 79.9. The van der Waals surface area contributed by atoms with Crippen molar-refractivity contribution in [2.45, 2.75) is 68.8 Å². The molecule has 37 heavy (non-hydrogen) atoms. The van der Waals surface area contributed by atoms with Gasteiger partial charge in [0.2, 0.25) is 0 Å². The van der Waals surface area contributed by atoms with Gasteiger partial charge >= 0.3 is 0 Å². The van der Waals surface area contributed by atoms with Gasteiger partial charge in [-0.25, -0.2) is 0 Å². The molecule has 0 saturated carbocycles. The Morgan fingerprint density at radius 2 is 0.865 bits per heavy atom. The van der Waals surface area contributed by atoms with Gasteiger partial charge < -0.3 is 18.9 Å². The van der Waals surface area contributed by atoms with Crippen LogP contribution in [0.25, 0.3) is 0 Å². The van der Waals surface area contributed by atoms with Crippen LogP contribution in [0, 0.1) is 0 Å². The number of hydrogen-bond donors (Lipinski definition) is 0. The molecule has 208 valence electrons. The lowest BCUT2D eigenvalue weighted by atomic mass is 10.0. The molecule has 2 rings (SSSR count). The second-order valence-corrected chi connectivity index (χ2v) is 16.6. The first kappa shape index (κ1) is 34.0. The van der Waals surface area contributed by atoms with E-state index in [0.29, 0.717) is 26.4 Å². The minimum absolute atomic E-state index is 0.0893. The molecule has 0 aromatic heterocycles. The van der Waals surface area contributed by atoms with E-state index >= 15 is 0 Å². The number of rotatable bonds is 12. The van der Waals surface area contributed by atoms with Crippen molar-refractivity contribution in [3.05, 3.63) is 53.3 Å². The van der Waals surface area contributed by atoms with Crippen molar-refractivity contribution in [2.24, 2.45) is 0 Å². The van der Waals surface area contributed by atoms with Gasteiger partial charge in [-0.05, 0) is 147 Å². The lowest BCUT2D eigenvalue weighted by molar-refractivity contribution is -0.00503. The molecule has 0 saturated heterocycles. The molecule has 0 amide bonds. The van der Waals surface area contributed by atoms with Gasteiger partial charge in [0.15, 0.2) is 0 Å². The summed E-state index contributed by atoms with van der Waals surface area (Å²) < 4.78 is 27.4. The number of ether oxygens (including phenoxy) is 4. The highest BCUT2D eigenvalue weighted by Crippen LogP contribution is 2.38. The molecule has 2 atom stereocenters. The fraction of sp³-hybridized carbons (Fsp3) is 0.556. The quantitative estimate of drug-likeness (QED) is 0.199. The molecule has 2 unspecified atom stereocenters. The minimum atomic E-state index is -0.180. The van der Waals surface area contributed by atoms with Crippen molar-refractivity contribution in [3.63, 3.8) is 0 Å². The molecular weight excluding hydrogens is 868 g/mol. The molecule has 0 N–H and O–H groups in total. The number of benzene rings is 2. The predicted octanol–water partition coefficient (Wildman–Crippen LogP) is 10.2. The van der Waals surface area contributed by atoms with Gasteiger partial charge in [0.05, 0.1) is 52.0 Å². The topological polar surface area (TPSA) is 36.9 Å². The Kier molecular flexibility index (Phi) is 14.0. The van der Waals surface area contributed by atoms with Gasteiger partial charge in [0.1, 0.15) is 24.7 Å². The van der Waals surface area contributed by atoms with Crippen LogP contribution in [0.2, 0.25) is 0 Å². The van der Waals surface area contributed by atoms with Crippen LogP contribution in [-0.2, 0) is 15.9 Å². The maximum atomic E-state index is 6.07. The Morgan fingerprint density at radius 1 is 0.568 bits per heavy atom. The third-order valence-electron chi connectivity index (χ3n) is 4.74. The van der Waals surface area contributed by atoms with E-state index in [-0.39, 0.29) is 20.9 Å². The highest BCUT2D eigenvalue weighted by molar-refractivity contribution is 9.11. The summed E-state index contributed by atoms with van der Waals surface area (Å²) >= 11 is 22.0. The normalized spacial score (nSPS) is 13.9. The Balaban J connectivity index is 2.01. The van der Waals surface area contributed by atoms with Gasteiger partial charge in [-0.3, -0.25) is 0 Å². The van der Waals surface area contributed by atoms with Crippen molar-refractivity contribution >= 4 is 95.6 Å². The second-order valence-electron chi connectivity index (χ2n) is 10.6. The molecule has 0 radical (unpaired) electrons. The third-order valence-corrected chi connectivity index (χ3v) is 8.15. The lowest BCUT2D eigenvalue weighted by Gasteiger charge is -2.22. The molecular formula is C27H34Br6O4. The van der Waals surface area contributed by atoms with Crippen LogP contribution in [0.4, 0.5) is 0 Å². The zero-order chi connectivity index (χ0) is 28.0. The lowest BCUT2D eigenvalue weighted by Crippen LogP contribution is -2.26. The SMILES string of the molecule is CC(C)(C)OCC(Br)COc1c(Br)cc(Cc2cc(Br)c(OCC(Br)COC(C)(C)C)c(Br)c2)cc1Br. The average molecular weight is 902 g/mol. The summed E-state index contributed by atoms with van der Waals surface area (Å²) in [6.45, 7) is 14.4. The van der Waals surface area contributed by atoms with Gasteiger partial charge in [0, 0.05) is 0 Å². The molecule has 2 aromatic carbocycles. The zero-order valence-electron chi connectivity index (χ0n) is 21.9. The van der Waals surface area contributed by atoms with E-state index in [1.54, 1.807) is 0 Å². The van der Waals surface area contributed by atoms with E-state index < -0.39 is 0 Å². The van der Waals surface area contributed by atoms with E-state index in [1.807, 2.05) is 41.5 Å². The van der Waals surface area contributed by atoms with E-state index in [9.17, 15) is 0 Å². The van der Waals surface area contributed by atoms with Crippen molar-refractivity contribution < 1.29 is 18.9 Å². The van der Waals surface area contributed by atoms with Crippen LogP contribution in [-0.4, -0.2) is 47.3 Å². The van der Waals surface area contributed by atoms with E-state index in [2.05, 4.69) is 120 Å². The predicted molar refractivity (Wildman–Crippen MR) is 174 cm³/mol. The molecule has 2 aromatic rings. The maximum Gasteiger partial charge on any atom is 0.147 e. The van der Waals surface area contributed by atoms with Crippen LogP contribution >= 0.6 is 95.6 Å². The third kappa shape index (κ3) is 12.9. The summed E-state index contributed by atoms with van der Waals surface area (Å²) in [5.41, 5.74) is 1.93. The molecule has 0 heterocycles. The molecule has 10 heteroatoms. The molecule has 4 nitrogen and oxygen atoms in total. The van der Waals surface area contributed by atoms with Gasteiger partial charge in [0.25, 0.3) is 0 Å². The number of halogens is 6. The second kappa shape index (κ2) is 15.2. The van der Waals surface area contributed by atoms with Crippen LogP contribution in [0.15, 0.2) is 42.2 Å². The Labute approximate surface area is 272 Å². The zero-order valence-corrected chi connectivity index (χ0v) is 31.4. The Bertz CT molecular complexity index is 905. The monoisotopic (exact) mass is 896 g/mol. The Hall–Kier alpha value is 0.840. The average Bonchev–Trinajstić information content (AvgIpc) is 2.74. The fourth-order valence-electron chi connectivity index (χ4n) is 3.06. The van der Waals surface area contributed by atoms with Crippen molar-refractivity contribution in [2.75, 3.05) is 26.4 Å². The van der Waals surface area contributed by atoms with Crippen molar-refractivity contribution in [3.8, 4) is 11.5 Å². The number of alkyl halides is 2. The highest BCUT2D eigenvalue weighted by Gasteiger charge is 2.18. The first-order valence-corrected chi connectivity index (χ1v) is 16.8. The smallest absolute Gasteiger partial charge is 0.147 e. The Morgan fingerprint density at radius 3 is 1.14 bits per heavy atom. The van der Waals surface area contributed by atoms with Crippen molar-refractivity contribution in [1.29, 1.82) is 0 Å². The van der Waals surface area contributed by atoms with Crippen LogP contribution in [0.3, 0.4) is 0 Å². The van der Waals surface area contributed by atoms with Gasteiger partial charge in [-0.1, -0.05) is 31.9 Å². The van der Waals surface area contributed by atoms with Gasteiger partial charge in [-0.15, -0.1) is 0 Å². The van der Waals surface area contributed by atoms with Crippen LogP contribution < -0.4 is 9.47 Å². The number of hydrogen-bond acceptors (Lipinski definition) is 4. The maximum absolute atomic E-state index is 6.07. The van der Waals surface area contributed by atoms with E-state index in [0.717, 1.165) is 46.9 Å². The van der Waals surface area contributed by atoms with Crippen LogP contribution in [0.1, 0.15) is 52.7 Å². The molecule has 0 spiro atoms.